The number of aromatic nitrogens is 3. The average molecular weight is 315 g/mol. The van der Waals surface area contributed by atoms with Crippen molar-refractivity contribution in [1.29, 1.82) is 0 Å². The van der Waals surface area contributed by atoms with Crippen LogP contribution in [-0.2, 0) is 12.5 Å². The molecule has 2 aromatic heterocycles. The molecule has 0 aliphatic carbocycles. The number of hydrogen-bond acceptors (Lipinski definition) is 2. The minimum Gasteiger partial charge on any atom is -0.240 e. The lowest BCUT2D eigenvalue weighted by Gasteiger charge is -2.18. The average Bonchev–Trinajstić information content (AvgIpc) is 2.37. The fourth-order valence-corrected chi connectivity index (χ4v) is 3.58. The molecule has 22 heavy (non-hydrogen) atoms. The molecule has 0 spiro atoms. The summed E-state index contributed by atoms with van der Waals surface area (Å²) in [5, 5.41) is 1.46. The van der Waals surface area contributed by atoms with Crippen LogP contribution in [0.25, 0.3) is 11.3 Å². The van der Waals surface area contributed by atoms with Gasteiger partial charge in [0.2, 0.25) is 5.69 Å². The van der Waals surface area contributed by atoms with Gasteiger partial charge >= 0.3 is 0 Å². The monoisotopic (exact) mass is 314 g/mol. The molecule has 0 saturated heterocycles. The van der Waals surface area contributed by atoms with Gasteiger partial charge in [-0.3, -0.25) is 0 Å². The van der Waals surface area contributed by atoms with E-state index >= 15 is 0 Å². The van der Waals surface area contributed by atoms with Crippen molar-refractivity contribution in [2.75, 3.05) is 0 Å². The Morgan fingerprint density at radius 3 is 2.18 bits per heavy atom. The van der Waals surface area contributed by atoms with Crippen LogP contribution >= 0.6 is 0 Å². The molecule has 4 heteroatoms. The maximum Gasteiger partial charge on any atom is 0.215 e. The molecule has 0 saturated carbocycles. The van der Waals surface area contributed by atoms with Gasteiger partial charge in [-0.1, -0.05) is 46.5 Å². The Morgan fingerprint density at radius 1 is 1.09 bits per heavy atom. The van der Waals surface area contributed by atoms with Gasteiger partial charge < -0.3 is 0 Å². The third-order valence-electron chi connectivity index (χ3n) is 3.93. The minimum absolute atomic E-state index is 0.0207. The molecule has 0 fully saturated rings. The van der Waals surface area contributed by atoms with E-state index in [1.807, 2.05) is 6.20 Å². The lowest BCUT2D eigenvalue weighted by molar-refractivity contribution is -0.659. The molecule has 118 valence electrons. The Morgan fingerprint density at radius 2 is 1.73 bits per heavy atom. The molecule has 2 rings (SSSR count). The fourth-order valence-electron chi connectivity index (χ4n) is 2.41. The summed E-state index contributed by atoms with van der Waals surface area (Å²) in [6, 6.07) is 4.47. The molecule has 0 N–H and O–H groups in total. The van der Waals surface area contributed by atoms with Gasteiger partial charge in [-0.15, -0.1) is 0 Å². The van der Waals surface area contributed by atoms with Crippen molar-refractivity contribution >= 4 is 13.3 Å². The van der Waals surface area contributed by atoms with Gasteiger partial charge in [0.15, 0.2) is 6.20 Å². The second-order valence-corrected chi connectivity index (χ2v) is 13.2. The number of rotatable bonds is 2. The van der Waals surface area contributed by atoms with Gasteiger partial charge in [0.25, 0.3) is 0 Å². The molecule has 0 unspecified atom stereocenters. The molecule has 0 aliphatic heterocycles. The van der Waals surface area contributed by atoms with Gasteiger partial charge in [-0.2, -0.15) is 0 Å². The second kappa shape index (κ2) is 5.58. The molecule has 0 bridgehead atoms. The number of aryl methyl sites for hydroxylation is 2. The highest BCUT2D eigenvalue weighted by atomic mass is 28.3. The molecule has 3 nitrogen and oxygen atoms in total. The van der Waals surface area contributed by atoms with Crippen molar-refractivity contribution in [3.63, 3.8) is 0 Å². The first kappa shape index (κ1) is 16.8. The Balaban J connectivity index is 2.49. The van der Waals surface area contributed by atoms with E-state index in [-0.39, 0.29) is 5.41 Å². The van der Waals surface area contributed by atoms with Crippen LogP contribution in [0, 0.1) is 6.92 Å². The van der Waals surface area contributed by atoms with Crippen LogP contribution in [0.15, 0.2) is 24.5 Å². The van der Waals surface area contributed by atoms with Crippen molar-refractivity contribution in [3.05, 3.63) is 36.0 Å². The van der Waals surface area contributed by atoms with Crippen molar-refractivity contribution < 1.29 is 4.57 Å². The van der Waals surface area contributed by atoms with E-state index in [4.69, 9.17) is 4.98 Å². The van der Waals surface area contributed by atoms with Crippen LogP contribution in [0.4, 0.5) is 0 Å². The molecule has 0 atom stereocenters. The summed E-state index contributed by atoms with van der Waals surface area (Å²) in [6.45, 7) is 15.6. The highest BCUT2D eigenvalue weighted by molar-refractivity contribution is 6.88. The van der Waals surface area contributed by atoms with Crippen LogP contribution in [-0.4, -0.2) is 18.0 Å². The molecular weight excluding hydrogens is 286 g/mol. The van der Waals surface area contributed by atoms with Crippen molar-refractivity contribution in [2.24, 2.45) is 7.05 Å². The summed E-state index contributed by atoms with van der Waals surface area (Å²) in [6.07, 6.45) is 4.23. The number of pyridine rings is 1. The summed E-state index contributed by atoms with van der Waals surface area (Å²) in [5.41, 5.74) is 3.29. The maximum atomic E-state index is 4.72. The molecule has 0 radical (unpaired) electrons. The third kappa shape index (κ3) is 3.43. The Bertz CT molecular complexity index is 633. The predicted octanol–water partition coefficient (Wildman–Crippen LogP) is 3.12. The summed E-state index contributed by atoms with van der Waals surface area (Å²) in [4.78, 5) is 9.30. The first-order chi connectivity index (χ1) is 10.00. The quantitative estimate of drug-likeness (QED) is 0.630. The summed E-state index contributed by atoms with van der Waals surface area (Å²) in [5.74, 6) is 0.898. The SMILES string of the molecule is Cc1nc(C(C)(C)C)ncc1-c1ccc([Si](C)(C)C)c[n+]1C. The van der Waals surface area contributed by atoms with Crippen LogP contribution in [0.1, 0.15) is 32.3 Å². The van der Waals surface area contributed by atoms with Gasteiger partial charge in [-0.05, 0) is 6.92 Å². The Hall–Kier alpha value is -1.55. The van der Waals surface area contributed by atoms with E-state index < -0.39 is 8.07 Å². The van der Waals surface area contributed by atoms with Crippen LogP contribution < -0.4 is 9.75 Å². The highest BCUT2D eigenvalue weighted by Crippen LogP contribution is 2.22. The first-order valence-corrected chi connectivity index (χ1v) is 11.3. The van der Waals surface area contributed by atoms with E-state index in [0.29, 0.717) is 0 Å². The van der Waals surface area contributed by atoms with E-state index in [0.717, 1.165) is 17.1 Å². The lowest BCUT2D eigenvalue weighted by atomic mass is 9.95. The number of hydrogen-bond donors (Lipinski definition) is 0. The number of nitrogens with zero attached hydrogens (tertiary/aromatic N) is 3. The van der Waals surface area contributed by atoms with Crippen molar-refractivity contribution in [3.8, 4) is 11.3 Å². The topological polar surface area (TPSA) is 29.7 Å². The molecule has 0 aromatic carbocycles. The standard InChI is InChI=1S/C18H28N3Si/c1-13-15(11-19-17(20-13)18(2,3)4)16-10-9-14(12-21(16)5)22(6,7)8/h9-12H,1-8H3/q+1. The largest absolute Gasteiger partial charge is 0.240 e. The summed E-state index contributed by atoms with van der Waals surface area (Å²) >= 11 is 0. The molecular formula is C18H28N3Si+. The van der Waals surface area contributed by atoms with Crippen LogP contribution in [0.3, 0.4) is 0 Å². The van der Waals surface area contributed by atoms with Gasteiger partial charge in [0, 0.05) is 22.9 Å². The van der Waals surface area contributed by atoms with Crippen molar-refractivity contribution in [2.45, 2.75) is 52.8 Å². The molecule has 0 amide bonds. The zero-order valence-corrected chi connectivity index (χ0v) is 16.2. The molecule has 2 heterocycles. The zero-order chi connectivity index (χ0) is 16.7. The second-order valence-electron chi connectivity index (χ2n) is 8.11. The maximum absolute atomic E-state index is 4.72. The zero-order valence-electron chi connectivity index (χ0n) is 15.2. The van der Waals surface area contributed by atoms with E-state index in [1.165, 1.54) is 10.9 Å². The normalized spacial score (nSPS) is 12.5. The highest BCUT2D eigenvalue weighted by Gasteiger charge is 2.23. The van der Waals surface area contributed by atoms with Crippen LogP contribution in [0.5, 0.6) is 0 Å². The first-order valence-electron chi connectivity index (χ1n) is 7.85. The minimum atomic E-state index is -1.29. The lowest BCUT2D eigenvalue weighted by Crippen LogP contribution is -2.45. The van der Waals surface area contributed by atoms with Gasteiger partial charge in [0.05, 0.1) is 19.3 Å². The molecule has 2 aromatic rings. The Kier molecular flexibility index (Phi) is 4.26. The summed E-state index contributed by atoms with van der Waals surface area (Å²) in [7, 11) is 0.819. The summed E-state index contributed by atoms with van der Waals surface area (Å²) < 4.78 is 2.20. The Labute approximate surface area is 135 Å². The van der Waals surface area contributed by atoms with E-state index in [1.54, 1.807) is 0 Å². The molecule has 0 aliphatic rings. The van der Waals surface area contributed by atoms with E-state index in [9.17, 15) is 0 Å². The predicted molar refractivity (Wildman–Crippen MR) is 95.1 cm³/mol. The fraction of sp³-hybridized carbons (Fsp3) is 0.500. The van der Waals surface area contributed by atoms with Gasteiger partial charge in [-0.25, -0.2) is 14.5 Å². The van der Waals surface area contributed by atoms with Crippen LogP contribution in [0.2, 0.25) is 19.6 Å². The smallest absolute Gasteiger partial charge is 0.215 e. The van der Waals surface area contributed by atoms with Gasteiger partial charge in [0.1, 0.15) is 12.9 Å². The van der Waals surface area contributed by atoms with E-state index in [2.05, 4.69) is 82.3 Å². The van der Waals surface area contributed by atoms with Crippen molar-refractivity contribution in [1.82, 2.24) is 9.97 Å². The third-order valence-corrected chi connectivity index (χ3v) is 5.95.